The molecule has 2 aliphatic heterocycles. The first kappa shape index (κ1) is 39.5. The number of rotatable bonds is 13. The standard InChI is InChI=1S/C40H30N12O10/c1-61-37-23-27(7-21-35(37)47-43-39(25-3-9-31(10-4-25)49(53)54)41-45(47)29-13-17-33(18-14-29)51(57)58)28-8-22-36(38(24-28)62-2)48-44-40(26-5-11-32(12-6-26)50(55)56)42-46(48)30-15-19-34(20-16-30)52(59)60/h3-24H,1-2H3,(H,41,43)(H,42,44). The number of hydrogen-bond acceptors (Lipinski definition) is 18. The smallest absolute Gasteiger partial charge is 0.269 e. The van der Waals surface area contributed by atoms with Gasteiger partial charge in [0.15, 0.2) is 11.7 Å². The Labute approximate surface area is 349 Å². The van der Waals surface area contributed by atoms with E-state index in [-0.39, 0.29) is 22.7 Å². The Morgan fingerprint density at radius 2 is 0.726 bits per heavy atom. The van der Waals surface area contributed by atoms with Crippen molar-refractivity contribution in [3.05, 3.63) is 185 Å². The van der Waals surface area contributed by atoms with Crippen molar-refractivity contribution in [1.29, 1.82) is 0 Å². The molecule has 0 atom stereocenters. The van der Waals surface area contributed by atoms with Crippen LogP contribution in [-0.2, 0) is 0 Å². The van der Waals surface area contributed by atoms with E-state index in [4.69, 9.17) is 19.7 Å². The normalized spacial score (nSPS) is 13.2. The summed E-state index contributed by atoms with van der Waals surface area (Å²) < 4.78 is 11.8. The number of hydrazone groups is 2. The van der Waals surface area contributed by atoms with Crippen molar-refractivity contribution in [2.75, 3.05) is 34.7 Å². The predicted molar refractivity (Wildman–Crippen MR) is 227 cm³/mol. The molecule has 8 rings (SSSR count). The largest absolute Gasteiger partial charge is 0.494 e. The molecule has 310 valence electrons. The number of nitrogens with zero attached hydrogens (tertiary/aromatic N) is 10. The van der Waals surface area contributed by atoms with Crippen LogP contribution < -0.4 is 40.8 Å². The lowest BCUT2D eigenvalue weighted by Crippen LogP contribution is -2.45. The summed E-state index contributed by atoms with van der Waals surface area (Å²) in [5.74, 6) is 1.42. The molecule has 0 aliphatic carbocycles. The van der Waals surface area contributed by atoms with Crippen molar-refractivity contribution in [3.8, 4) is 22.6 Å². The molecule has 0 saturated carbocycles. The third kappa shape index (κ3) is 7.55. The highest BCUT2D eigenvalue weighted by Crippen LogP contribution is 2.40. The molecule has 6 aromatic rings. The number of benzene rings is 6. The van der Waals surface area contributed by atoms with E-state index in [1.165, 1.54) is 97.3 Å². The first-order valence-electron chi connectivity index (χ1n) is 18.2. The zero-order valence-corrected chi connectivity index (χ0v) is 32.3. The van der Waals surface area contributed by atoms with Gasteiger partial charge < -0.3 is 9.47 Å². The molecule has 0 bridgehead atoms. The Morgan fingerprint density at radius 3 is 1.02 bits per heavy atom. The van der Waals surface area contributed by atoms with Crippen LogP contribution in [0.5, 0.6) is 11.5 Å². The maximum absolute atomic E-state index is 11.4. The number of non-ortho nitro benzene ring substituents is 4. The summed E-state index contributed by atoms with van der Waals surface area (Å²) in [7, 11) is 2.98. The molecule has 2 N–H and O–H groups in total. The molecule has 0 aromatic heterocycles. The van der Waals surface area contributed by atoms with Gasteiger partial charge in [-0.15, -0.1) is 10.2 Å². The summed E-state index contributed by atoms with van der Waals surface area (Å²) in [4.78, 5) is 43.4. The van der Waals surface area contributed by atoms with E-state index < -0.39 is 19.7 Å². The average molecular weight is 839 g/mol. The number of amidine groups is 2. The van der Waals surface area contributed by atoms with Gasteiger partial charge in [-0.1, -0.05) is 12.1 Å². The lowest BCUT2D eigenvalue weighted by atomic mass is 10.0. The zero-order valence-electron chi connectivity index (χ0n) is 32.3. The van der Waals surface area contributed by atoms with Gasteiger partial charge in [-0.25, -0.2) is 0 Å². The van der Waals surface area contributed by atoms with Crippen molar-refractivity contribution >= 4 is 57.2 Å². The van der Waals surface area contributed by atoms with E-state index in [2.05, 4.69) is 10.9 Å². The highest BCUT2D eigenvalue weighted by atomic mass is 16.6. The molecule has 0 spiro atoms. The van der Waals surface area contributed by atoms with E-state index in [9.17, 15) is 40.5 Å². The maximum Gasteiger partial charge on any atom is 0.269 e. The second-order valence-corrected chi connectivity index (χ2v) is 13.3. The van der Waals surface area contributed by atoms with Gasteiger partial charge in [0.05, 0.1) is 45.3 Å². The summed E-state index contributed by atoms with van der Waals surface area (Å²) >= 11 is 0. The van der Waals surface area contributed by atoms with Gasteiger partial charge >= 0.3 is 0 Å². The van der Waals surface area contributed by atoms with E-state index in [0.717, 1.165) is 0 Å². The van der Waals surface area contributed by atoms with Gasteiger partial charge in [-0.2, -0.15) is 20.5 Å². The molecular weight excluding hydrogens is 809 g/mol. The fourth-order valence-electron chi connectivity index (χ4n) is 6.50. The minimum atomic E-state index is -0.512. The molecule has 22 heteroatoms. The molecule has 0 saturated heterocycles. The summed E-state index contributed by atoms with van der Waals surface area (Å²) in [5, 5.41) is 60.9. The minimum absolute atomic E-state index is 0.0998. The van der Waals surface area contributed by atoms with Gasteiger partial charge in [-0.05, 0) is 83.9 Å². The molecule has 0 radical (unpaired) electrons. The number of methoxy groups -OCH3 is 2. The van der Waals surface area contributed by atoms with E-state index >= 15 is 0 Å². The van der Waals surface area contributed by atoms with Gasteiger partial charge in [0.2, 0.25) is 0 Å². The van der Waals surface area contributed by atoms with Crippen LogP contribution in [0.1, 0.15) is 11.1 Å². The molecule has 0 amide bonds. The Morgan fingerprint density at radius 1 is 0.435 bits per heavy atom. The van der Waals surface area contributed by atoms with Crippen LogP contribution in [0.2, 0.25) is 0 Å². The van der Waals surface area contributed by atoms with Gasteiger partial charge in [0.25, 0.3) is 22.7 Å². The topological polar surface area (TPSA) is 253 Å². The molecular formula is C40H30N12O10. The van der Waals surface area contributed by atoms with Gasteiger partial charge in [0.1, 0.15) is 22.9 Å². The lowest BCUT2D eigenvalue weighted by molar-refractivity contribution is -0.385. The quantitative estimate of drug-likeness (QED) is 0.0860. The molecule has 2 heterocycles. The number of nitro benzene ring substituents is 4. The van der Waals surface area contributed by atoms with Crippen molar-refractivity contribution in [2.45, 2.75) is 0 Å². The second-order valence-electron chi connectivity index (χ2n) is 13.3. The van der Waals surface area contributed by atoms with Crippen LogP contribution in [0.3, 0.4) is 0 Å². The van der Waals surface area contributed by atoms with E-state index in [1.807, 2.05) is 12.1 Å². The predicted octanol–water partition coefficient (Wildman–Crippen LogP) is 7.22. The molecule has 0 fully saturated rings. The first-order chi connectivity index (χ1) is 29.9. The van der Waals surface area contributed by atoms with Crippen LogP contribution in [0, 0.1) is 40.5 Å². The number of ether oxygens (including phenoxy) is 2. The van der Waals surface area contributed by atoms with Crippen LogP contribution in [0.4, 0.5) is 45.5 Å². The third-order valence-electron chi connectivity index (χ3n) is 9.63. The first-order valence-corrected chi connectivity index (χ1v) is 18.2. The number of hydrazine groups is 4. The Balaban J connectivity index is 1.12. The van der Waals surface area contributed by atoms with Crippen molar-refractivity contribution < 1.29 is 29.2 Å². The summed E-state index contributed by atoms with van der Waals surface area (Å²) in [6, 6.07) is 33.9. The molecule has 0 unspecified atom stereocenters. The number of nitro groups is 4. The zero-order chi connectivity index (χ0) is 43.7. The lowest BCUT2D eigenvalue weighted by Gasteiger charge is -2.29. The van der Waals surface area contributed by atoms with Crippen molar-refractivity contribution in [3.63, 3.8) is 0 Å². The Hall–Kier alpha value is -9.34. The average Bonchev–Trinajstić information content (AvgIpc) is 3.95. The maximum atomic E-state index is 11.4. The highest BCUT2D eigenvalue weighted by molar-refractivity contribution is 6.03. The fraction of sp³-hybridized carbons (Fsp3) is 0.0500. The second kappa shape index (κ2) is 16.1. The van der Waals surface area contributed by atoms with E-state index in [1.54, 1.807) is 58.8 Å². The Kier molecular flexibility index (Phi) is 10.3. The summed E-state index contributed by atoms with van der Waals surface area (Å²) in [5.41, 5.74) is 10.3. The molecule has 2 aliphatic rings. The molecule has 6 aromatic carbocycles. The molecule has 62 heavy (non-hydrogen) atoms. The van der Waals surface area contributed by atoms with Gasteiger partial charge in [0, 0.05) is 59.7 Å². The van der Waals surface area contributed by atoms with Crippen molar-refractivity contribution in [1.82, 2.24) is 10.9 Å². The van der Waals surface area contributed by atoms with Crippen LogP contribution in [-0.4, -0.2) is 45.6 Å². The SMILES string of the molecule is COc1cc(-c2ccc(N3NC(c4ccc([N+](=O)[O-])cc4)=NN3c3ccc([N+](=O)[O-])cc3)c(OC)c2)ccc1N1NC(c2ccc([N+](=O)[O-])cc2)=NN1c1ccc([N+](=O)[O-])cc1. The highest BCUT2D eigenvalue weighted by Gasteiger charge is 2.32. The fourth-order valence-corrected chi connectivity index (χ4v) is 6.50. The number of nitrogens with one attached hydrogen (secondary N) is 2. The number of hydrogen-bond donors (Lipinski definition) is 2. The Bertz CT molecular complexity index is 2610. The van der Waals surface area contributed by atoms with Gasteiger partial charge in [-0.3, -0.25) is 51.3 Å². The summed E-state index contributed by atoms with van der Waals surface area (Å²) in [6.07, 6.45) is 0. The number of anilines is 4. The molecule has 22 nitrogen and oxygen atoms in total. The van der Waals surface area contributed by atoms with Crippen LogP contribution >= 0.6 is 0 Å². The van der Waals surface area contributed by atoms with E-state index in [0.29, 0.717) is 68.2 Å². The van der Waals surface area contributed by atoms with Crippen LogP contribution in [0.15, 0.2) is 144 Å². The third-order valence-corrected chi connectivity index (χ3v) is 9.63. The minimum Gasteiger partial charge on any atom is -0.494 e. The summed E-state index contributed by atoms with van der Waals surface area (Å²) in [6.45, 7) is 0. The monoisotopic (exact) mass is 838 g/mol. The van der Waals surface area contributed by atoms with Crippen LogP contribution in [0.25, 0.3) is 11.1 Å². The van der Waals surface area contributed by atoms with Crippen molar-refractivity contribution in [2.24, 2.45) is 10.2 Å².